The molecule has 0 unspecified atom stereocenters. The summed E-state index contributed by atoms with van der Waals surface area (Å²) in [4.78, 5) is 37.7. The molecule has 0 spiro atoms. The van der Waals surface area contributed by atoms with Gasteiger partial charge < -0.3 is 4.74 Å². The van der Waals surface area contributed by atoms with Crippen LogP contribution in [0.1, 0.15) is 5.56 Å². The van der Waals surface area contributed by atoms with Crippen molar-refractivity contribution in [2.45, 2.75) is 0 Å². The van der Waals surface area contributed by atoms with Crippen LogP contribution in [-0.2, 0) is 9.59 Å². The van der Waals surface area contributed by atoms with Crippen LogP contribution in [-0.4, -0.2) is 25.0 Å². The fourth-order valence-electron chi connectivity index (χ4n) is 2.37. The van der Waals surface area contributed by atoms with E-state index < -0.39 is 17.8 Å². The second-order valence-corrected chi connectivity index (χ2v) is 5.07. The highest BCUT2D eigenvalue weighted by molar-refractivity contribution is 6.39. The maximum Gasteiger partial charge on any atom is 0.335 e. The topological polar surface area (TPSA) is 75.7 Å². The number of nitrogens with one attached hydrogen (secondary N) is 1. The summed E-state index contributed by atoms with van der Waals surface area (Å²) in [5, 5.41) is 2.18. The molecule has 1 heterocycles. The van der Waals surface area contributed by atoms with Gasteiger partial charge in [-0.15, -0.1) is 0 Å². The number of rotatable bonds is 3. The Hall–Kier alpha value is -3.41. The van der Waals surface area contributed by atoms with E-state index in [0.29, 0.717) is 17.0 Å². The standard InChI is InChI=1S/C18H14N2O4/c1-24-14-9-5-6-12(10-14)11-15-16(21)19-18(23)20(17(15)22)13-7-3-2-4-8-13/h2-11H,1H3,(H,19,21,23)/b15-11-. The van der Waals surface area contributed by atoms with Gasteiger partial charge in [0.1, 0.15) is 11.3 Å². The zero-order valence-electron chi connectivity index (χ0n) is 12.9. The summed E-state index contributed by atoms with van der Waals surface area (Å²) < 4.78 is 5.13. The van der Waals surface area contributed by atoms with Crippen LogP contribution < -0.4 is 15.0 Å². The van der Waals surface area contributed by atoms with Crippen LogP contribution in [0.2, 0.25) is 0 Å². The summed E-state index contributed by atoms with van der Waals surface area (Å²) in [5.74, 6) is -0.790. The molecular weight excluding hydrogens is 308 g/mol. The molecule has 24 heavy (non-hydrogen) atoms. The van der Waals surface area contributed by atoms with Crippen LogP contribution in [0.4, 0.5) is 10.5 Å². The summed E-state index contributed by atoms with van der Waals surface area (Å²) in [7, 11) is 1.53. The molecule has 6 heteroatoms. The van der Waals surface area contributed by atoms with Crippen LogP contribution in [0.25, 0.3) is 6.08 Å². The molecule has 1 saturated heterocycles. The third-order valence-electron chi connectivity index (χ3n) is 3.52. The SMILES string of the molecule is COc1cccc(/C=C2/C(=O)NC(=O)N(c3ccccc3)C2=O)c1. The van der Waals surface area contributed by atoms with Gasteiger partial charge >= 0.3 is 6.03 Å². The van der Waals surface area contributed by atoms with Gasteiger partial charge in [0.25, 0.3) is 11.8 Å². The molecule has 6 nitrogen and oxygen atoms in total. The fraction of sp³-hybridized carbons (Fsp3) is 0.0556. The third kappa shape index (κ3) is 2.89. The number of urea groups is 1. The monoisotopic (exact) mass is 322 g/mol. The number of nitrogens with zero attached hydrogens (tertiary/aromatic N) is 1. The molecule has 0 saturated carbocycles. The minimum atomic E-state index is -0.765. The number of benzene rings is 2. The van der Waals surface area contributed by atoms with Crippen LogP contribution in [0, 0.1) is 0 Å². The normalized spacial score (nSPS) is 16.3. The van der Waals surface area contributed by atoms with Crippen LogP contribution >= 0.6 is 0 Å². The quantitative estimate of drug-likeness (QED) is 0.695. The molecule has 1 fully saturated rings. The number of ether oxygens (including phenoxy) is 1. The van der Waals surface area contributed by atoms with E-state index in [0.717, 1.165) is 4.90 Å². The maximum atomic E-state index is 12.7. The Morgan fingerprint density at radius 2 is 1.75 bits per heavy atom. The molecular formula is C18H14N2O4. The number of carbonyl (C=O) groups is 3. The van der Waals surface area contributed by atoms with Crippen molar-refractivity contribution in [3.63, 3.8) is 0 Å². The van der Waals surface area contributed by atoms with Crippen molar-refractivity contribution in [1.82, 2.24) is 5.32 Å². The van der Waals surface area contributed by atoms with E-state index in [9.17, 15) is 14.4 Å². The molecule has 1 aliphatic rings. The van der Waals surface area contributed by atoms with Crippen molar-refractivity contribution in [2.24, 2.45) is 0 Å². The Bertz CT molecular complexity index is 843. The minimum Gasteiger partial charge on any atom is -0.497 e. The van der Waals surface area contributed by atoms with Crippen molar-refractivity contribution in [3.05, 3.63) is 65.7 Å². The lowest BCUT2D eigenvalue weighted by atomic mass is 10.1. The van der Waals surface area contributed by atoms with E-state index in [1.54, 1.807) is 54.6 Å². The Morgan fingerprint density at radius 1 is 1.00 bits per heavy atom. The second kappa shape index (κ2) is 6.37. The van der Waals surface area contributed by atoms with Gasteiger partial charge in [-0.05, 0) is 35.9 Å². The molecule has 0 atom stereocenters. The third-order valence-corrected chi connectivity index (χ3v) is 3.52. The van der Waals surface area contributed by atoms with Crippen molar-refractivity contribution in [1.29, 1.82) is 0 Å². The van der Waals surface area contributed by atoms with E-state index in [1.807, 2.05) is 0 Å². The number of amides is 4. The molecule has 1 aliphatic heterocycles. The van der Waals surface area contributed by atoms with E-state index >= 15 is 0 Å². The molecule has 2 aromatic rings. The number of methoxy groups -OCH3 is 1. The highest BCUT2D eigenvalue weighted by atomic mass is 16.5. The van der Waals surface area contributed by atoms with E-state index in [1.165, 1.54) is 13.2 Å². The largest absolute Gasteiger partial charge is 0.497 e. The van der Waals surface area contributed by atoms with Crippen molar-refractivity contribution in [2.75, 3.05) is 12.0 Å². The number of carbonyl (C=O) groups excluding carboxylic acids is 3. The Labute approximate surface area is 138 Å². The highest BCUT2D eigenvalue weighted by Crippen LogP contribution is 2.22. The van der Waals surface area contributed by atoms with Crippen molar-refractivity contribution >= 4 is 29.6 Å². The van der Waals surface area contributed by atoms with Gasteiger partial charge in [-0.25, -0.2) is 9.69 Å². The van der Waals surface area contributed by atoms with Gasteiger partial charge in [0.15, 0.2) is 0 Å². The van der Waals surface area contributed by atoms with E-state index in [4.69, 9.17) is 4.74 Å². The average molecular weight is 322 g/mol. The molecule has 0 aliphatic carbocycles. The van der Waals surface area contributed by atoms with Gasteiger partial charge in [0, 0.05) is 0 Å². The van der Waals surface area contributed by atoms with Gasteiger partial charge in [0.05, 0.1) is 12.8 Å². The fourth-order valence-corrected chi connectivity index (χ4v) is 2.37. The summed E-state index contributed by atoms with van der Waals surface area (Å²) in [5.41, 5.74) is 0.894. The van der Waals surface area contributed by atoms with E-state index in [2.05, 4.69) is 5.32 Å². The molecule has 120 valence electrons. The first-order valence-corrected chi connectivity index (χ1v) is 7.20. The number of imide groups is 2. The maximum absolute atomic E-state index is 12.7. The molecule has 0 bridgehead atoms. The number of hydrogen-bond acceptors (Lipinski definition) is 4. The van der Waals surface area contributed by atoms with Gasteiger partial charge in [-0.3, -0.25) is 14.9 Å². The number of barbiturate groups is 1. The number of anilines is 1. The molecule has 2 aromatic carbocycles. The van der Waals surface area contributed by atoms with Gasteiger partial charge in [-0.2, -0.15) is 0 Å². The summed E-state index contributed by atoms with van der Waals surface area (Å²) in [6.07, 6.45) is 1.43. The minimum absolute atomic E-state index is 0.119. The lowest BCUT2D eigenvalue weighted by molar-refractivity contribution is -0.122. The molecule has 1 N–H and O–H groups in total. The zero-order valence-corrected chi connectivity index (χ0v) is 12.9. The molecule has 0 radical (unpaired) electrons. The first kappa shape index (κ1) is 15.5. The molecule has 4 amide bonds. The molecule has 0 aromatic heterocycles. The zero-order chi connectivity index (χ0) is 17.1. The lowest BCUT2D eigenvalue weighted by Gasteiger charge is -2.26. The smallest absolute Gasteiger partial charge is 0.335 e. The summed E-state index contributed by atoms with van der Waals surface area (Å²) in [6, 6.07) is 14.6. The first-order chi connectivity index (χ1) is 11.6. The average Bonchev–Trinajstić information content (AvgIpc) is 2.59. The van der Waals surface area contributed by atoms with E-state index in [-0.39, 0.29) is 5.57 Å². The Kier molecular flexibility index (Phi) is 4.11. The van der Waals surface area contributed by atoms with Crippen LogP contribution in [0.15, 0.2) is 60.2 Å². The Balaban J connectivity index is 2.00. The molecule has 3 rings (SSSR count). The summed E-state index contributed by atoms with van der Waals surface area (Å²) in [6.45, 7) is 0. The number of hydrogen-bond donors (Lipinski definition) is 1. The van der Waals surface area contributed by atoms with Crippen LogP contribution in [0.5, 0.6) is 5.75 Å². The lowest BCUT2D eigenvalue weighted by Crippen LogP contribution is -2.54. The number of para-hydroxylation sites is 1. The first-order valence-electron chi connectivity index (χ1n) is 7.20. The van der Waals surface area contributed by atoms with Crippen molar-refractivity contribution < 1.29 is 19.1 Å². The van der Waals surface area contributed by atoms with Crippen LogP contribution in [0.3, 0.4) is 0 Å². The Morgan fingerprint density at radius 3 is 2.46 bits per heavy atom. The van der Waals surface area contributed by atoms with Gasteiger partial charge in [0.2, 0.25) is 0 Å². The van der Waals surface area contributed by atoms with Gasteiger partial charge in [-0.1, -0.05) is 30.3 Å². The summed E-state index contributed by atoms with van der Waals surface area (Å²) >= 11 is 0. The van der Waals surface area contributed by atoms with Crippen molar-refractivity contribution in [3.8, 4) is 5.75 Å². The predicted octanol–water partition coefficient (Wildman–Crippen LogP) is 2.36. The second-order valence-electron chi connectivity index (χ2n) is 5.07. The highest BCUT2D eigenvalue weighted by Gasteiger charge is 2.36. The predicted molar refractivity (Wildman–Crippen MR) is 88.4 cm³/mol.